The lowest BCUT2D eigenvalue weighted by atomic mass is 9.84. The SMILES string of the molecule is Cc1cccc(C(=O)NC(CC(=O)O)C(C)(C)C)c1. The van der Waals surface area contributed by atoms with Crippen LogP contribution in [0.25, 0.3) is 0 Å². The number of carbonyl (C=O) groups is 2. The molecule has 0 saturated carbocycles. The number of amides is 1. The average molecular weight is 263 g/mol. The number of hydrogen-bond acceptors (Lipinski definition) is 2. The van der Waals surface area contributed by atoms with Crippen LogP contribution in [-0.4, -0.2) is 23.0 Å². The van der Waals surface area contributed by atoms with Crippen molar-refractivity contribution < 1.29 is 14.7 Å². The largest absolute Gasteiger partial charge is 0.481 e. The van der Waals surface area contributed by atoms with E-state index in [0.29, 0.717) is 5.56 Å². The molecule has 1 rings (SSSR count). The molecule has 0 heterocycles. The zero-order valence-electron chi connectivity index (χ0n) is 11.9. The van der Waals surface area contributed by atoms with Crippen molar-refractivity contribution in [2.75, 3.05) is 0 Å². The first-order valence-electron chi connectivity index (χ1n) is 6.29. The Labute approximate surface area is 113 Å². The quantitative estimate of drug-likeness (QED) is 0.877. The highest BCUT2D eigenvalue weighted by Gasteiger charge is 2.28. The van der Waals surface area contributed by atoms with E-state index in [4.69, 9.17) is 5.11 Å². The van der Waals surface area contributed by atoms with Gasteiger partial charge in [0, 0.05) is 11.6 Å². The van der Waals surface area contributed by atoms with E-state index in [9.17, 15) is 9.59 Å². The highest BCUT2D eigenvalue weighted by molar-refractivity contribution is 5.94. The Morgan fingerprint density at radius 3 is 2.42 bits per heavy atom. The number of carbonyl (C=O) groups excluding carboxylic acids is 1. The van der Waals surface area contributed by atoms with Crippen LogP contribution in [0, 0.1) is 12.3 Å². The maximum Gasteiger partial charge on any atom is 0.305 e. The summed E-state index contributed by atoms with van der Waals surface area (Å²) >= 11 is 0. The monoisotopic (exact) mass is 263 g/mol. The van der Waals surface area contributed by atoms with Gasteiger partial charge in [-0.05, 0) is 24.5 Å². The van der Waals surface area contributed by atoms with Gasteiger partial charge in [0.2, 0.25) is 0 Å². The Morgan fingerprint density at radius 1 is 1.32 bits per heavy atom. The van der Waals surface area contributed by atoms with E-state index in [-0.39, 0.29) is 17.7 Å². The van der Waals surface area contributed by atoms with Crippen LogP contribution in [0.1, 0.15) is 43.1 Å². The molecule has 4 heteroatoms. The summed E-state index contributed by atoms with van der Waals surface area (Å²) in [4.78, 5) is 23.0. The molecule has 1 aromatic carbocycles. The number of aryl methyl sites for hydroxylation is 1. The summed E-state index contributed by atoms with van der Waals surface area (Å²) in [5.74, 6) is -1.14. The van der Waals surface area contributed by atoms with Crippen LogP contribution in [0.3, 0.4) is 0 Å². The third kappa shape index (κ3) is 4.73. The van der Waals surface area contributed by atoms with E-state index >= 15 is 0 Å². The molecule has 1 atom stereocenters. The van der Waals surface area contributed by atoms with Crippen molar-refractivity contribution >= 4 is 11.9 Å². The maximum absolute atomic E-state index is 12.1. The third-order valence-electron chi connectivity index (χ3n) is 3.01. The molecular formula is C15H21NO3. The smallest absolute Gasteiger partial charge is 0.305 e. The molecule has 104 valence electrons. The van der Waals surface area contributed by atoms with Gasteiger partial charge < -0.3 is 10.4 Å². The van der Waals surface area contributed by atoms with Crippen molar-refractivity contribution in [2.45, 2.75) is 40.2 Å². The Hall–Kier alpha value is -1.84. The zero-order chi connectivity index (χ0) is 14.6. The van der Waals surface area contributed by atoms with Gasteiger partial charge in [-0.2, -0.15) is 0 Å². The van der Waals surface area contributed by atoms with E-state index < -0.39 is 12.0 Å². The summed E-state index contributed by atoms with van der Waals surface area (Å²) in [7, 11) is 0. The summed E-state index contributed by atoms with van der Waals surface area (Å²) in [6.07, 6.45) is -0.0823. The van der Waals surface area contributed by atoms with Crippen LogP contribution < -0.4 is 5.32 Å². The van der Waals surface area contributed by atoms with Crippen molar-refractivity contribution in [3.05, 3.63) is 35.4 Å². The van der Waals surface area contributed by atoms with E-state index in [1.165, 1.54) is 0 Å². The summed E-state index contributed by atoms with van der Waals surface area (Å²) < 4.78 is 0. The van der Waals surface area contributed by atoms with E-state index in [1.807, 2.05) is 39.8 Å². The Kier molecular flexibility index (Phi) is 4.70. The summed E-state index contributed by atoms with van der Waals surface area (Å²) in [5.41, 5.74) is 1.25. The minimum absolute atomic E-state index is 0.0823. The molecule has 1 aromatic rings. The Balaban J connectivity index is 2.85. The number of carboxylic acids is 1. The molecule has 0 fully saturated rings. The number of benzene rings is 1. The second-order valence-corrected chi connectivity index (χ2v) is 5.86. The first-order chi connectivity index (χ1) is 8.70. The van der Waals surface area contributed by atoms with Crippen LogP contribution in [0.15, 0.2) is 24.3 Å². The number of aliphatic carboxylic acids is 1. The van der Waals surface area contributed by atoms with E-state index in [0.717, 1.165) is 5.56 Å². The van der Waals surface area contributed by atoms with Gasteiger partial charge >= 0.3 is 5.97 Å². The molecule has 0 aromatic heterocycles. The number of nitrogens with one attached hydrogen (secondary N) is 1. The van der Waals surface area contributed by atoms with Crippen molar-refractivity contribution in [3.63, 3.8) is 0 Å². The van der Waals surface area contributed by atoms with Crippen LogP contribution in [-0.2, 0) is 4.79 Å². The second-order valence-electron chi connectivity index (χ2n) is 5.86. The molecule has 2 N–H and O–H groups in total. The van der Waals surface area contributed by atoms with Gasteiger partial charge in [0.15, 0.2) is 0 Å². The Morgan fingerprint density at radius 2 is 1.95 bits per heavy atom. The minimum Gasteiger partial charge on any atom is -0.481 e. The molecule has 19 heavy (non-hydrogen) atoms. The first-order valence-corrected chi connectivity index (χ1v) is 6.29. The highest BCUT2D eigenvalue weighted by Crippen LogP contribution is 2.22. The summed E-state index contributed by atoms with van der Waals surface area (Å²) in [6, 6.07) is 6.83. The molecule has 1 amide bonds. The summed E-state index contributed by atoms with van der Waals surface area (Å²) in [5, 5.41) is 11.7. The van der Waals surface area contributed by atoms with E-state index in [2.05, 4.69) is 5.32 Å². The van der Waals surface area contributed by atoms with Gasteiger partial charge in [-0.1, -0.05) is 38.5 Å². The van der Waals surface area contributed by atoms with Crippen molar-refractivity contribution in [3.8, 4) is 0 Å². The maximum atomic E-state index is 12.1. The molecule has 0 aliphatic heterocycles. The van der Waals surface area contributed by atoms with Gasteiger partial charge in [-0.3, -0.25) is 9.59 Å². The number of carboxylic acid groups (broad SMARTS) is 1. The molecule has 0 bridgehead atoms. The summed E-state index contributed by atoms with van der Waals surface area (Å²) in [6.45, 7) is 7.65. The molecule has 0 saturated heterocycles. The third-order valence-corrected chi connectivity index (χ3v) is 3.01. The van der Waals surface area contributed by atoms with Gasteiger partial charge in [-0.15, -0.1) is 0 Å². The van der Waals surface area contributed by atoms with Crippen LogP contribution in [0.4, 0.5) is 0 Å². The predicted octanol–water partition coefficient (Wildman–Crippen LogP) is 2.61. The second kappa shape index (κ2) is 5.87. The fourth-order valence-electron chi connectivity index (χ4n) is 1.78. The van der Waals surface area contributed by atoms with E-state index in [1.54, 1.807) is 12.1 Å². The number of hydrogen-bond donors (Lipinski definition) is 2. The molecule has 4 nitrogen and oxygen atoms in total. The standard InChI is InChI=1S/C15H21NO3/c1-10-6-5-7-11(8-10)14(19)16-12(9-13(17)18)15(2,3)4/h5-8,12H,9H2,1-4H3,(H,16,19)(H,17,18). The molecule has 0 spiro atoms. The van der Waals surface area contributed by atoms with Gasteiger partial charge in [0.05, 0.1) is 6.42 Å². The molecule has 0 aliphatic carbocycles. The molecular weight excluding hydrogens is 242 g/mol. The number of rotatable bonds is 4. The van der Waals surface area contributed by atoms with Gasteiger partial charge in [0.25, 0.3) is 5.91 Å². The highest BCUT2D eigenvalue weighted by atomic mass is 16.4. The lowest BCUT2D eigenvalue weighted by Crippen LogP contribution is -2.45. The lowest BCUT2D eigenvalue weighted by molar-refractivity contribution is -0.138. The van der Waals surface area contributed by atoms with Crippen molar-refractivity contribution in [2.24, 2.45) is 5.41 Å². The fourth-order valence-corrected chi connectivity index (χ4v) is 1.78. The van der Waals surface area contributed by atoms with Crippen LogP contribution in [0.2, 0.25) is 0 Å². The van der Waals surface area contributed by atoms with Gasteiger partial charge in [-0.25, -0.2) is 0 Å². The van der Waals surface area contributed by atoms with Crippen molar-refractivity contribution in [1.82, 2.24) is 5.32 Å². The molecule has 0 radical (unpaired) electrons. The topological polar surface area (TPSA) is 66.4 Å². The average Bonchev–Trinajstić information content (AvgIpc) is 2.26. The minimum atomic E-state index is -0.913. The van der Waals surface area contributed by atoms with Gasteiger partial charge in [0.1, 0.15) is 0 Å². The zero-order valence-corrected chi connectivity index (χ0v) is 11.9. The van der Waals surface area contributed by atoms with Crippen LogP contribution >= 0.6 is 0 Å². The fraction of sp³-hybridized carbons (Fsp3) is 0.467. The van der Waals surface area contributed by atoms with Crippen LogP contribution in [0.5, 0.6) is 0 Å². The van der Waals surface area contributed by atoms with Crippen molar-refractivity contribution in [1.29, 1.82) is 0 Å². The Bertz CT molecular complexity index is 475. The normalized spacial score (nSPS) is 12.8. The first kappa shape index (κ1) is 15.2. The lowest BCUT2D eigenvalue weighted by Gasteiger charge is -2.30. The molecule has 1 unspecified atom stereocenters. The molecule has 0 aliphatic rings. The predicted molar refractivity (Wildman–Crippen MR) is 74.1 cm³/mol.